The van der Waals surface area contributed by atoms with Crippen molar-refractivity contribution < 1.29 is 9.90 Å². The predicted octanol–water partition coefficient (Wildman–Crippen LogP) is 0.578. The number of nitrogens with zero attached hydrogens (tertiary/aromatic N) is 2. The van der Waals surface area contributed by atoms with Crippen LogP contribution in [0.15, 0.2) is 6.33 Å². The lowest BCUT2D eigenvalue weighted by atomic mass is 9.93. The highest BCUT2D eigenvalue weighted by atomic mass is 16.3. The van der Waals surface area contributed by atoms with E-state index in [1.807, 2.05) is 4.90 Å². The molecule has 6 nitrogen and oxygen atoms in total. The van der Waals surface area contributed by atoms with Gasteiger partial charge in [-0.15, -0.1) is 0 Å². The van der Waals surface area contributed by atoms with E-state index in [0.717, 1.165) is 24.2 Å². The Morgan fingerprint density at radius 2 is 2.19 bits per heavy atom. The second-order valence-electron chi connectivity index (χ2n) is 6.01. The van der Waals surface area contributed by atoms with E-state index in [9.17, 15) is 9.90 Å². The average molecular weight is 292 g/mol. The first kappa shape index (κ1) is 14.5. The molecule has 3 rings (SSSR count). The number of fused-ring (bicyclic) bond motifs is 1. The Hall–Kier alpha value is -1.40. The second kappa shape index (κ2) is 6.58. The fourth-order valence-electron chi connectivity index (χ4n) is 3.52. The van der Waals surface area contributed by atoms with Crippen molar-refractivity contribution in [2.45, 2.75) is 57.2 Å². The van der Waals surface area contributed by atoms with Crippen molar-refractivity contribution in [2.24, 2.45) is 0 Å². The Labute approximate surface area is 124 Å². The fraction of sp³-hybridized carbons (Fsp3) is 0.733. The second-order valence-corrected chi connectivity index (χ2v) is 6.01. The molecule has 1 aromatic rings. The summed E-state index contributed by atoms with van der Waals surface area (Å²) < 4.78 is 0. The third-order valence-corrected chi connectivity index (χ3v) is 4.67. The van der Waals surface area contributed by atoms with Gasteiger partial charge in [-0.25, -0.2) is 4.98 Å². The zero-order valence-electron chi connectivity index (χ0n) is 12.3. The van der Waals surface area contributed by atoms with Crippen LogP contribution in [0.3, 0.4) is 0 Å². The largest absolute Gasteiger partial charge is 0.395 e. The standard InChI is InChI=1S/C15H24N4O2/c20-7-6-19(11-4-2-1-3-5-11)15(21)13-8-12-14(9-16-13)18-10-17-12/h10-11,13,16,20H,1-9H2,(H,17,18). The van der Waals surface area contributed by atoms with Gasteiger partial charge in [0.1, 0.15) is 0 Å². The molecule has 1 saturated carbocycles. The zero-order valence-corrected chi connectivity index (χ0v) is 12.3. The molecule has 0 radical (unpaired) electrons. The van der Waals surface area contributed by atoms with E-state index in [0.29, 0.717) is 25.6 Å². The number of hydrogen-bond donors (Lipinski definition) is 3. The monoisotopic (exact) mass is 292 g/mol. The first-order chi connectivity index (χ1) is 10.3. The average Bonchev–Trinajstić information content (AvgIpc) is 3.00. The number of aliphatic hydroxyl groups excluding tert-OH is 1. The molecule has 1 fully saturated rings. The smallest absolute Gasteiger partial charge is 0.240 e. The Kier molecular flexibility index (Phi) is 4.55. The number of amides is 1. The zero-order chi connectivity index (χ0) is 14.7. The summed E-state index contributed by atoms with van der Waals surface area (Å²) >= 11 is 0. The van der Waals surface area contributed by atoms with Crippen LogP contribution in [-0.2, 0) is 17.8 Å². The molecule has 0 saturated heterocycles. The lowest BCUT2D eigenvalue weighted by Gasteiger charge is -2.37. The molecule has 0 bridgehead atoms. The molecule has 1 aromatic heterocycles. The van der Waals surface area contributed by atoms with Gasteiger partial charge in [0.15, 0.2) is 0 Å². The van der Waals surface area contributed by atoms with Crippen molar-refractivity contribution in [3.8, 4) is 0 Å². The van der Waals surface area contributed by atoms with E-state index >= 15 is 0 Å². The van der Waals surface area contributed by atoms with Gasteiger partial charge in [0.25, 0.3) is 0 Å². The van der Waals surface area contributed by atoms with Crippen molar-refractivity contribution in [1.82, 2.24) is 20.2 Å². The van der Waals surface area contributed by atoms with E-state index in [1.165, 1.54) is 19.3 Å². The van der Waals surface area contributed by atoms with Gasteiger partial charge >= 0.3 is 0 Å². The molecule has 1 atom stereocenters. The number of rotatable bonds is 4. The number of imidazole rings is 1. The number of carbonyl (C=O) groups is 1. The number of H-pyrrole nitrogens is 1. The molecule has 2 heterocycles. The third kappa shape index (κ3) is 3.11. The molecule has 21 heavy (non-hydrogen) atoms. The molecule has 1 aliphatic heterocycles. The van der Waals surface area contributed by atoms with Crippen LogP contribution in [-0.4, -0.2) is 51.1 Å². The molecule has 0 aromatic carbocycles. The normalized spacial score (nSPS) is 22.8. The summed E-state index contributed by atoms with van der Waals surface area (Å²) in [5, 5.41) is 12.6. The fourth-order valence-corrected chi connectivity index (χ4v) is 3.52. The van der Waals surface area contributed by atoms with Gasteiger partial charge < -0.3 is 15.0 Å². The van der Waals surface area contributed by atoms with Crippen molar-refractivity contribution >= 4 is 5.91 Å². The van der Waals surface area contributed by atoms with Crippen LogP contribution in [0, 0.1) is 0 Å². The van der Waals surface area contributed by atoms with Crippen molar-refractivity contribution in [1.29, 1.82) is 0 Å². The van der Waals surface area contributed by atoms with E-state index in [1.54, 1.807) is 6.33 Å². The summed E-state index contributed by atoms with van der Waals surface area (Å²) in [4.78, 5) is 22.1. The van der Waals surface area contributed by atoms with Gasteiger partial charge in [0, 0.05) is 25.6 Å². The number of hydrogen-bond acceptors (Lipinski definition) is 4. The Morgan fingerprint density at radius 3 is 2.95 bits per heavy atom. The summed E-state index contributed by atoms with van der Waals surface area (Å²) in [6.07, 6.45) is 8.06. The number of carbonyl (C=O) groups excluding carboxylic acids is 1. The summed E-state index contributed by atoms with van der Waals surface area (Å²) in [7, 11) is 0. The van der Waals surface area contributed by atoms with Crippen molar-refractivity contribution in [3.05, 3.63) is 17.7 Å². The lowest BCUT2D eigenvalue weighted by molar-refractivity contribution is -0.137. The molecule has 116 valence electrons. The Morgan fingerprint density at radius 1 is 1.38 bits per heavy atom. The van der Waals surface area contributed by atoms with E-state index in [2.05, 4.69) is 15.3 Å². The summed E-state index contributed by atoms with van der Waals surface area (Å²) in [6, 6.07) is 0.0788. The van der Waals surface area contributed by atoms with Crippen LogP contribution in [0.5, 0.6) is 0 Å². The third-order valence-electron chi connectivity index (χ3n) is 4.67. The number of nitrogens with one attached hydrogen (secondary N) is 2. The van der Waals surface area contributed by atoms with Crippen LogP contribution >= 0.6 is 0 Å². The molecule has 3 N–H and O–H groups in total. The maximum Gasteiger partial charge on any atom is 0.240 e. The Bertz CT molecular complexity index is 482. The minimum atomic E-state index is -0.214. The molecule has 1 amide bonds. The molecular formula is C15H24N4O2. The van der Waals surface area contributed by atoms with E-state index in [-0.39, 0.29) is 18.6 Å². The molecule has 6 heteroatoms. The van der Waals surface area contributed by atoms with Gasteiger partial charge in [0.2, 0.25) is 5.91 Å². The predicted molar refractivity (Wildman–Crippen MR) is 78.6 cm³/mol. The van der Waals surface area contributed by atoms with Gasteiger partial charge in [-0.1, -0.05) is 19.3 Å². The first-order valence-electron chi connectivity index (χ1n) is 7.95. The van der Waals surface area contributed by atoms with Gasteiger partial charge in [-0.2, -0.15) is 0 Å². The SMILES string of the molecule is O=C(C1Cc2nc[nH]c2CN1)N(CCO)C1CCCCC1. The summed E-state index contributed by atoms with van der Waals surface area (Å²) in [6.45, 7) is 1.13. The van der Waals surface area contributed by atoms with Crippen LogP contribution in [0.1, 0.15) is 43.5 Å². The van der Waals surface area contributed by atoms with Gasteiger partial charge in [-0.3, -0.25) is 10.1 Å². The molecule has 1 unspecified atom stereocenters. The van der Waals surface area contributed by atoms with Crippen molar-refractivity contribution in [3.63, 3.8) is 0 Å². The highest BCUT2D eigenvalue weighted by Gasteiger charge is 2.32. The molecule has 1 aliphatic carbocycles. The van der Waals surface area contributed by atoms with Crippen LogP contribution in [0.25, 0.3) is 0 Å². The maximum absolute atomic E-state index is 12.8. The van der Waals surface area contributed by atoms with E-state index in [4.69, 9.17) is 0 Å². The molecular weight excluding hydrogens is 268 g/mol. The summed E-state index contributed by atoms with van der Waals surface area (Å²) in [5.74, 6) is 0.115. The van der Waals surface area contributed by atoms with Crippen LogP contribution < -0.4 is 5.32 Å². The topological polar surface area (TPSA) is 81.2 Å². The Balaban J connectivity index is 1.69. The number of aliphatic hydroxyl groups is 1. The van der Waals surface area contributed by atoms with E-state index < -0.39 is 0 Å². The first-order valence-corrected chi connectivity index (χ1v) is 7.95. The van der Waals surface area contributed by atoms with Crippen LogP contribution in [0.2, 0.25) is 0 Å². The highest BCUT2D eigenvalue weighted by Crippen LogP contribution is 2.24. The number of aromatic nitrogens is 2. The minimum Gasteiger partial charge on any atom is -0.395 e. The quantitative estimate of drug-likeness (QED) is 0.758. The van der Waals surface area contributed by atoms with Gasteiger partial charge in [0.05, 0.1) is 30.4 Å². The lowest BCUT2D eigenvalue weighted by Crippen LogP contribution is -2.53. The van der Waals surface area contributed by atoms with Crippen LogP contribution in [0.4, 0.5) is 0 Å². The maximum atomic E-state index is 12.8. The highest BCUT2D eigenvalue weighted by molar-refractivity contribution is 5.82. The number of aromatic amines is 1. The van der Waals surface area contributed by atoms with Gasteiger partial charge in [-0.05, 0) is 12.8 Å². The molecule has 2 aliphatic rings. The van der Waals surface area contributed by atoms with Crippen molar-refractivity contribution in [2.75, 3.05) is 13.2 Å². The molecule has 0 spiro atoms. The minimum absolute atomic E-state index is 0.0304. The summed E-state index contributed by atoms with van der Waals surface area (Å²) in [5.41, 5.74) is 2.06.